The van der Waals surface area contributed by atoms with Crippen LogP contribution < -0.4 is 5.32 Å². The summed E-state index contributed by atoms with van der Waals surface area (Å²) in [6.07, 6.45) is 3.43. The number of nitro benzene ring substituents is 1. The number of aromatic nitrogens is 1. The van der Waals surface area contributed by atoms with Crippen LogP contribution in [-0.2, 0) is 16.1 Å². The summed E-state index contributed by atoms with van der Waals surface area (Å²) in [7, 11) is 0. The molecule has 0 radical (unpaired) electrons. The van der Waals surface area contributed by atoms with Crippen LogP contribution >= 0.6 is 34.4 Å². The van der Waals surface area contributed by atoms with Crippen LogP contribution in [0.2, 0.25) is 0 Å². The van der Waals surface area contributed by atoms with Crippen LogP contribution in [0, 0.1) is 13.7 Å². The maximum Gasteiger partial charge on any atom is 0.294 e. The number of nitrogens with zero attached hydrogens (tertiary/aromatic N) is 3. The van der Waals surface area contributed by atoms with E-state index in [-0.39, 0.29) is 17.1 Å². The Bertz CT molecular complexity index is 1630. The van der Waals surface area contributed by atoms with Crippen LogP contribution in [0.1, 0.15) is 11.1 Å². The Morgan fingerprint density at radius 3 is 2.50 bits per heavy atom. The molecule has 5 rings (SSSR count). The van der Waals surface area contributed by atoms with Gasteiger partial charge in [0.05, 0.1) is 16.4 Å². The predicted molar refractivity (Wildman–Crippen MR) is 155 cm³/mol. The third kappa shape index (κ3) is 5.34. The quantitative estimate of drug-likeness (QED) is 0.117. The second-order valence-corrected chi connectivity index (χ2v) is 10.7. The topological polar surface area (TPSA) is 115 Å². The van der Waals surface area contributed by atoms with Crippen LogP contribution in [0.25, 0.3) is 17.0 Å². The molecule has 2 heterocycles. The molecular weight excluding hydrogens is 619 g/mol. The van der Waals surface area contributed by atoms with Gasteiger partial charge in [0.15, 0.2) is 0 Å². The van der Waals surface area contributed by atoms with Crippen molar-refractivity contribution in [2.24, 2.45) is 0 Å². The van der Waals surface area contributed by atoms with E-state index in [0.717, 1.165) is 31.1 Å². The molecule has 0 atom stereocenters. The molecule has 1 aliphatic heterocycles. The van der Waals surface area contributed by atoms with Crippen molar-refractivity contribution >= 4 is 79.8 Å². The molecule has 1 aliphatic rings. The zero-order chi connectivity index (χ0) is 26.8. The van der Waals surface area contributed by atoms with Crippen molar-refractivity contribution < 1.29 is 19.3 Å². The number of fused-ring (bicyclic) bond motifs is 1. The SMILES string of the molecule is O=C(CN1C(=O)S/C(=C\c2cn(Cc3ccccc3[N+](=O)[O-])c3ccccc23)C1=O)Nc1ccc(I)cc1. The molecular formula is C27H19IN4O5S. The van der Waals surface area contributed by atoms with Crippen molar-refractivity contribution in [2.75, 3.05) is 11.9 Å². The van der Waals surface area contributed by atoms with E-state index in [2.05, 4.69) is 27.9 Å². The van der Waals surface area contributed by atoms with Gasteiger partial charge in [-0.15, -0.1) is 0 Å². The van der Waals surface area contributed by atoms with Crippen molar-refractivity contribution in [2.45, 2.75) is 6.54 Å². The lowest BCUT2D eigenvalue weighted by molar-refractivity contribution is -0.385. The maximum atomic E-state index is 13.1. The minimum atomic E-state index is -0.548. The summed E-state index contributed by atoms with van der Waals surface area (Å²) in [6, 6.07) is 21.2. The summed E-state index contributed by atoms with van der Waals surface area (Å²) in [5.74, 6) is -1.02. The van der Waals surface area contributed by atoms with Gasteiger partial charge in [0.2, 0.25) is 5.91 Å². The summed E-state index contributed by atoms with van der Waals surface area (Å²) in [6.45, 7) is -0.140. The molecule has 3 aromatic carbocycles. The Hall–Kier alpha value is -3.97. The maximum absolute atomic E-state index is 13.1. The van der Waals surface area contributed by atoms with Gasteiger partial charge in [-0.1, -0.05) is 36.4 Å². The van der Waals surface area contributed by atoms with Crippen molar-refractivity contribution in [1.29, 1.82) is 0 Å². The summed E-state index contributed by atoms with van der Waals surface area (Å²) in [5, 5.41) is 14.5. The number of anilines is 1. The largest absolute Gasteiger partial charge is 0.342 e. The van der Waals surface area contributed by atoms with Gasteiger partial charge in [0.1, 0.15) is 6.54 Å². The highest BCUT2D eigenvalue weighted by Crippen LogP contribution is 2.34. The molecule has 0 aliphatic carbocycles. The van der Waals surface area contributed by atoms with Crippen molar-refractivity contribution in [3.8, 4) is 0 Å². The van der Waals surface area contributed by atoms with Gasteiger partial charge >= 0.3 is 0 Å². The second-order valence-electron chi connectivity index (χ2n) is 8.44. The van der Waals surface area contributed by atoms with Crippen LogP contribution in [0.15, 0.2) is 83.9 Å². The molecule has 1 aromatic heterocycles. The van der Waals surface area contributed by atoms with Crippen LogP contribution in [0.4, 0.5) is 16.2 Å². The van der Waals surface area contributed by atoms with E-state index in [4.69, 9.17) is 0 Å². The predicted octanol–water partition coefficient (Wildman–Crippen LogP) is 5.88. The smallest absolute Gasteiger partial charge is 0.294 e. The molecule has 1 saturated heterocycles. The van der Waals surface area contributed by atoms with E-state index >= 15 is 0 Å². The zero-order valence-corrected chi connectivity index (χ0v) is 22.6. The van der Waals surface area contributed by atoms with Crippen molar-refractivity contribution in [3.05, 3.63) is 109 Å². The first kappa shape index (κ1) is 25.7. The van der Waals surface area contributed by atoms with E-state index in [9.17, 15) is 24.5 Å². The summed E-state index contributed by atoms with van der Waals surface area (Å²) in [5.41, 5.74) is 2.66. The fourth-order valence-electron chi connectivity index (χ4n) is 4.18. The van der Waals surface area contributed by atoms with E-state index in [0.29, 0.717) is 16.8 Å². The molecule has 0 spiro atoms. The molecule has 38 heavy (non-hydrogen) atoms. The molecule has 11 heteroatoms. The third-order valence-electron chi connectivity index (χ3n) is 5.94. The molecule has 3 amide bonds. The van der Waals surface area contributed by atoms with Gasteiger partial charge < -0.3 is 9.88 Å². The molecule has 0 bridgehead atoms. The first-order chi connectivity index (χ1) is 18.3. The van der Waals surface area contributed by atoms with E-state index in [1.165, 1.54) is 6.07 Å². The highest BCUT2D eigenvalue weighted by molar-refractivity contribution is 14.1. The minimum absolute atomic E-state index is 0.0245. The molecule has 4 aromatic rings. The average molecular weight is 638 g/mol. The number of nitrogens with one attached hydrogen (secondary N) is 1. The third-order valence-corrected chi connectivity index (χ3v) is 7.56. The van der Waals surface area contributed by atoms with Gasteiger partial charge in [-0.2, -0.15) is 0 Å². The fraction of sp³-hybridized carbons (Fsp3) is 0.0741. The number of nitro groups is 1. The van der Waals surface area contributed by atoms with Crippen molar-refractivity contribution in [1.82, 2.24) is 9.47 Å². The molecule has 9 nitrogen and oxygen atoms in total. The summed E-state index contributed by atoms with van der Waals surface area (Å²) < 4.78 is 2.89. The van der Waals surface area contributed by atoms with Crippen LogP contribution in [0.3, 0.4) is 0 Å². The van der Waals surface area contributed by atoms with E-state index < -0.39 is 28.5 Å². The van der Waals surface area contributed by atoms with E-state index in [1.807, 2.05) is 41.0 Å². The normalized spacial score (nSPS) is 14.4. The summed E-state index contributed by atoms with van der Waals surface area (Å²) >= 11 is 2.93. The number of thioether (sulfide) groups is 1. The van der Waals surface area contributed by atoms with Crippen molar-refractivity contribution in [3.63, 3.8) is 0 Å². The Kier molecular flexibility index (Phi) is 7.29. The highest BCUT2D eigenvalue weighted by Gasteiger charge is 2.36. The Labute approximate surface area is 234 Å². The highest BCUT2D eigenvalue weighted by atomic mass is 127. The number of amides is 3. The Morgan fingerprint density at radius 1 is 1.03 bits per heavy atom. The van der Waals surface area contributed by atoms with Crippen LogP contribution in [-0.4, -0.2) is 38.0 Å². The number of hydrogen-bond donors (Lipinski definition) is 1. The standard InChI is InChI=1S/C27H19IN4O5S/c28-19-9-11-20(12-10-19)29-25(33)16-31-26(34)24(38-27(31)35)13-18-15-30(23-8-4-2-6-21(18)23)14-17-5-1-3-7-22(17)32(36)37/h1-13,15H,14,16H2,(H,29,33)/b24-13-. The molecule has 0 saturated carbocycles. The number of halogens is 1. The second kappa shape index (κ2) is 10.8. The lowest BCUT2D eigenvalue weighted by Gasteiger charge is -2.12. The zero-order valence-electron chi connectivity index (χ0n) is 19.7. The van der Waals surface area contributed by atoms with Gasteiger partial charge in [0, 0.05) is 43.6 Å². The Morgan fingerprint density at radius 2 is 1.74 bits per heavy atom. The fourth-order valence-corrected chi connectivity index (χ4v) is 5.37. The minimum Gasteiger partial charge on any atom is -0.342 e. The first-order valence-corrected chi connectivity index (χ1v) is 13.3. The lowest BCUT2D eigenvalue weighted by Crippen LogP contribution is -2.36. The lowest BCUT2D eigenvalue weighted by atomic mass is 10.1. The molecule has 1 N–H and O–H groups in total. The van der Waals surface area contributed by atoms with Gasteiger partial charge in [-0.3, -0.25) is 29.4 Å². The number of hydrogen-bond acceptors (Lipinski definition) is 6. The monoisotopic (exact) mass is 638 g/mol. The number of carbonyl (C=O) groups is 3. The number of benzene rings is 3. The molecule has 1 fully saturated rings. The molecule has 190 valence electrons. The van der Waals surface area contributed by atoms with Gasteiger partial charge in [0.25, 0.3) is 16.8 Å². The average Bonchev–Trinajstić information content (AvgIpc) is 3.37. The number of imide groups is 1. The molecule has 0 unspecified atom stereocenters. The van der Waals surface area contributed by atoms with Crippen LogP contribution in [0.5, 0.6) is 0 Å². The summed E-state index contributed by atoms with van der Waals surface area (Å²) in [4.78, 5) is 50.4. The number of para-hydroxylation sites is 2. The Balaban J connectivity index is 1.39. The first-order valence-electron chi connectivity index (χ1n) is 11.4. The van der Waals surface area contributed by atoms with Gasteiger partial charge in [-0.25, -0.2) is 0 Å². The number of carbonyl (C=O) groups excluding carboxylic acids is 3. The van der Waals surface area contributed by atoms with E-state index in [1.54, 1.807) is 42.6 Å². The van der Waals surface area contributed by atoms with Gasteiger partial charge in [-0.05, 0) is 70.8 Å². The number of rotatable bonds is 7.